The molecule has 0 bridgehead atoms. The van der Waals surface area contributed by atoms with Crippen molar-refractivity contribution in [2.45, 2.75) is 25.3 Å². The zero-order valence-electron chi connectivity index (χ0n) is 18.7. The number of hydrogen-bond acceptors (Lipinski definition) is 8. The maximum atomic E-state index is 15.1. The van der Waals surface area contributed by atoms with Crippen molar-refractivity contribution in [2.24, 2.45) is 10.7 Å². The SMILES string of the molecule is COC1CN(C2CC=C(N3CCN(c4cccc(COC(=O)NC(=N)N)c4F)CC3)C=N2)C1. The number of rotatable bonds is 6. The second-order valence-corrected chi connectivity index (χ2v) is 8.27. The minimum absolute atomic E-state index is 0.193. The smallest absolute Gasteiger partial charge is 0.414 e. The molecule has 1 aromatic rings. The second kappa shape index (κ2) is 10.2. The van der Waals surface area contributed by atoms with Crippen LogP contribution in [0.25, 0.3) is 0 Å². The average molecular weight is 460 g/mol. The summed E-state index contributed by atoms with van der Waals surface area (Å²) in [6, 6.07) is 5.05. The number of dihydropyridines is 1. The summed E-state index contributed by atoms with van der Waals surface area (Å²) in [5, 5.41) is 9.03. The number of carbonyl (C=O) groups is 1. The van der Waals surface area contributed by atoms with Crippen molar-refractivity contribution in [3.63, 3.8) is 0 Å². The standard InChI is InChI=1S/C22H30FN7O3/c1-32-17-12-30(13-17)19-6-5-16(11-26-19)28-7-9-29(10-8-28)18-4-2-3-15(20(18)23)14-33-22(31)27-21(24)25/h2-5,11,17,19H,6-10,12-14H2,1H3,(H4,24,25,27,31). The van der Waals surface area contributed by atoms with Gasteiger partial charge in [0.25, 0.3) is 0 Å². The fourth-order valence-corrected chi connectivity index (χ4v) is 4.24. The monoisotopic (exact) mass is 459 g/mol. The summed E-state index contributed by atoms with van der Waals surface area (Å²) >= 11 is 0. The Balaban J connectivity index is 1.28. The number of aliphatic imine (C=N–C) groups is 1. The number of likely N-dealkylation sites (tertiary alicyclic amines) is 1. The Morgan fingerprint density at radius 2 is 2.00 bits per heavy atom. The normalized spacial score (nSPS) is 21.4. The fraction of sp³-hybridized carbons (Fsp3) is 0.500. The van der Waals surface area contributed by atoms with E-state index in [0.717, 1.165) is 38.3 Å². The number of allylic oxidation sites excluding steroid dienone is 1. The number of nitrogens with zero attached hydrogens (tertiary/aromatic N) is 4. The number of methoxy groups -OCH3 is 1. The van der Waals surface area contributed by atoms with Crippen molar-refractivity contribution in [3.8, 4) is 0 Å². The van der Waals surface area contributed by atoms with E-state index in [0.29, 0.717) is 24.9 Å². The molecule has 33 heavy (non-hydrogen) atoms. The van der Waals surface area contributed by atoms with Crippen LogP contribution in [0.4, 0.5) is 14.9 Å². The Labute approximate surface area is 192 Å². The van der Waals surface area contributed by atoms with Crippen LogP contribution in [0.2, 0.25) is 0 Å². The number of carbonyl (C=O) groups excluding carboxylic acids is 1. The lowest BCUT2D eigenvalue weighted by molar-refractivity contribution is -0.0485. The molecule has 2 saturated heterocycles. The first-order valence-corrected chi connectivity index (χ1v) is 11.0. The Morgan fingerprint density at radius 3 is 2.64 bits per heavy atom. The Hall–Kier alpha value is -3.18. The van der Waals surface area contributed by atoms with Gasteiger partial charge in [0.1, 0.15) is 12.8 Å². The zero-order valence-corrected chi connectivity index (χ0v) is 18.7. The van der Waals surface area contributed by atoms with Crippen LogP contribution < -0.4 is 16.0 Å². The molecule has 0 aliphatic carbocycles. The molecule has 2 fully saturated rings. The summed E-state index contributed by atoms with van der Waals surface area (Å²) in [4.78, 5) is 22.8. The molecule has 4 rings (SSSR count). The van der Waals surface area contributed by atoms with Crippen molar-refractivity contribution in [3.05, 3.63) is 41.4 Å². The lowest BCUT2D eigenvalue weighted by atomic mass is 10.1. The van der Waals surface area contributed by atoms with E-state index in [1.54, 1.807) is 25.3 Å². The van der Waals surface area contributed by atoms with E-state index >= 15 is 4.39 Å². The van der Waals surface area contributed by atoms with Gasteiger partial charge in [-0.3, -0.25) is 20.6 Å². The molecule has 3 aliphatic rings. The van der Waals surface area contributed by atoms with Crippen LogP contribution in [-0.4, -0.2) is 86.7 Å². The van der Waals surface area contributed by atoms with Gasteiger partial charge >= 0.3 is 6.09 Å². The fourth-order valence-electron chi connectivity index (χ4n) is 4.24. The van der Waals surface area contributed by atoms with Crippen LogP contribution in [0, 0.1) is 11.2 Å². The van der Waals surface area contributed by atoms with Gasteiger partial charge in [-0.2, -0.15) is 0 Å². The molecule has 0 spiro atoms. The number of piperazine rings is 1. The van der Waals surface area contributed by atoms with Gasteiger partial charge in [0, 0.05) is 64.6 Å². The van der Waals surface area contributed by atoms with Crippen LogP contribution in [0.15, 0.2) is 35.0 Å². The molecule has 4 N–H and O–H groups in total. The van der Waals surface area contributed by atoms with E-state index in [-0.39, 0.29) is 18.3 Å². The van der Waals surface area contributed by atoms with Gasteiger partial charge in [0.15, 0.2) is 11.8 Å². The summed E-state index contributed by atoms with van der Waals surface area (Å²) in [7, 11) is 1.74. The number of hydrogen-bond donors (Lipinski definition) is 3. The minimum atomic E-state index is -0.891. The highest BCUT2D eigenvalue weighted by Gasteiger charge is 2.32. The lowest BCUT2D eigenvalue weighted by Gasteiger charge is -2.43. The molecule has 0 radical (unpaired) electrons. The molecule has 10 nitrogen and oxygen atoms in total. The number of amides is 1. The molecule has 1 atom stereocenters. The first-order chi connectivity index (χ1) is 15.9. The third-order valence-electron chi connectivity index (χ3n) is 6.19. The van der Waals surface area contributed by atoms with Crippen molar-refractivity contribution in [2.75, 3.05) is 51.3 Å². The highest BCUT2D eigenvalue weighted by molar-refractivity contribution is 5.90. The Bertz CT molecular complexity index is 940. The van der Waals surface area contributed by atoms with Crippen LogP contribution in [0.1, 0.15) is 12.0 Å². The Morgan fingerprint density at radius 1 is 1.27 bits per heavy atom. The quantitative estimate of drug-likeness (QED) is 0.430. The number of nitrogens with one attached hydrogen (secondary N) is 2. The maximum absolute atomic E-state index is 15.1. The number of nitrogens with two attached hydrogens (primary N) is 1. The topological polar surface area (TPSA) is 120 Å². The van der Waals surface area contributed by atoms with E-state index in [9.17, 15) is 4.79 Å². The van der Waals surface area contributed by atoms with Crippen LogP contribution >= 0.6 is 0 Å². The first-order valence-electron chi connectivity index (χ1n) is 11.0. The molecule has 0 aromatic heterocycles. The first kappa shape index (κ1) is 23.0. The van der Waals surface area contributed by atoms with Gasteiger partial charge in [0.05, 0.1) is 17.5 Å². The molecule has 3 aliphatic heterocycles. The number of ether oxygens (including phenoxy) is 2. The molecule has 0 saturated carbocycles. The molecule has 1 aromatic carbocycles. The minimum Gasteiger partial charge on any atom is -0.444 e. The molecule has 1 unspecified atom stereocenters. The molecule has 1 amide bonds. The number of benzene rings is 1. The maximum Gasteiger partial charge on any atom is 0.414 e. The highest BCUT2D eigenvalue weighted by atomic mass is 19.1. The van der Waals surface area contributed by atoms with E-state index in [1.807, 2.05) is 16.4 Å². The highest BCUT2D eigenvalue weighted by Crippen LogP contribution is 2.26. The summed E-state index contributed by atoms with van der Waals surface area (Å²) in [6.07, 6.45) is 4.70. The third kappa shape index (κ3) is 5.42. The number of anilines is 1. The van der Waals surface area contributed by atoms with E-state index in [1.165, 1.54) is 0 Å². The van der Waals surface area contributed by atoms with E-state index in [2.05, 4.69) is 15.9 Å². The van der Waals surface area contributed by atoms with Gasteiger partial charge in [-0.05, 0) is 6.07 Å². The number of alkyl carbamates (subject to hydrolysis) is 1. The predicted molar refractivity (Wildman–Crippen MR) is 123 cm³/mol. The molecule has 11 heteroatoms. The summed E-state index contributed by atoms with van der Waals surface area (Å²) in [5.41, 5.74) is 6.96. The third-order valence-corrected chi connectivity index (χ3v) is 6.19. The van der Waals surface area contributed by atoms with Crippen molar-refractivity contribution >= 4 is 24.0 Å². The lowest BCUT2D eigenvalue weighted by Crippen LogP contribution is -2.56. The van der Waals surface area contributed by atoms with Crippen molar-refractivity contribution in [1.82, 2.24) is 15.1 Å². The van der Waals surface area contributed by atoms with Crippen LogP contribution in [0.3, 0.4) is 0 Å². The van der Waals surface area contributed by atoms with Gasteiger partial charge in [-0.15, -0.1) is 0 Å². The summed E-state index contributed by atoms with van der Waals surface area (Å²) in [5.74, 6) is -0.937. The van der Waals surface area contributed by atoms with Gasteiger partial charge in [-0.1, -0.05) is 18.2 Å². The number of guanidine groups is 1. The average Bonchev–Trinajstić information content (AvgIpc) is 2.78. The molecule has 178 valence electrons. The summed E-state index contributed by atoms with van der Waals surface area (Å²) < 4.78 is 25.3. The van der Waals surface area contributed by atoms with Gasteiger partial charge in [0.2, 0.25) is 0 Å². The van der Waals surface area contributed by atoms with Gasteiger partial charge in [-0.25, -0.2) is 9.18 Å². The van der Waals surface area contributed by atoms with Crippen LogP contribution in [0.5, 0.6) is 0 Å². The molecular weight excluding hydrogens is 429 g/mol. The zero-order chi connectivity index (χ0) is 23.4. The predicted octanol–water partition coefficient (Wildman–Crippen LogP) is 1.08. The van der Waals surface area contributed by atoms with E-state index in [4.69, 9.17) is 25.6 Å². The van der Waals surface area contributed by atoms with Gasteiger partial charge < -0.3 is 25.0 Å². The van der Waals surface area contributed by atoms with Crippen LogP contribution in [-0.2, 0) is 16.1 Å². The largest absolute Gasteiger partial charge is 0.444 e. The van der Waals surface area contributed by atoms with Crippen molar-refractivity contribution in [1.29, 1.82) is 5.41 Å². The van der Waals surface area contributed by atoms with Crippen molar-refractivity contribution < 1.29 is 18.7 Å². The molecule has 3 heterocycles. The summed E-state index contributed by atoms with van der Waals surface area (Å²) in [6.45, 7) is 4.48. The van der Waals surface area contributed by atoms with E-state index < -0.39 is 17.9 Å². The Kier molecular flexibility index (Phi) is 7.09. The number of halogens is 1. The molecular formula is C22H30FN7O3. The second-order valence-electron chi connectivity index (χ2n) is 8.27.